The third-order valence-electron chi connectivity index (χ3n) is 4.09. The van der Waals surface area contributed by atoms with Crippen LogP contribution in [0.4, 0.5) is 5.82 Å². The van der Waals surface area contributed by atoms with Crippen LogP contribution in [-0.4, -0.2) is 57.7 Å². The lowest BCUT2D eigenvalue weighted by atomic mass is 10.1. The number of carbonyl (C=O) groups is 1. The van der Waals surface area contributed by atoms with Crippen molar-refractivity contribution in [3.63, 3.8) is 0 Å². The Bertz CT molecular complexity index is 872. The van der Waals surface area contributed by atoms with E-state index in [0.29, 0.717) is 31.7 Å². The van der Waals surface area contributed by atoms with Gasteiger partial charge in [-0.25, -0.2) is 18.2 Å². The number of hydrogen-bond acceptors (Lipinski definition) is 6. The Morgan fingerprint density at radius 2 is 2.04 bits per heavy atom. The van der Waals surface area contributed by atoms with Crippen molar-refractivity contribution >= 4 is 21.8 Å². The molecular weight excluding hydrogens is 346 g/mol. The molecule has 0 aromatic carbocycles. The highest BCUT2D eigenvalue weighted by atomic mass is 32.2. The van der Waals surface area contributed by atoms with Crippen LogP contribution in [0, 0.1) is 0 Å². The Morgan fingerprint density at radius 3 is 2.64 bits per heavy atom. The van der Waals surface area contributed by atoms with Crippen LogP contribution < -0.4 is 5.32 Å². The summed E-state index contributed by atoms with van der Waals surface area (Å²) in [5, 5.41) is 16.1. The predicted molar refractivity (Wildman–Crippen MR) is 89.8 cm³/mol. The topological polar surface area (TPSA) is 117 Å². The third-order valence-corrected chi connectivity index (χ3v) is 5.94. The van der Waals surface area contributed by atoms with Crippen LogP contribution in [0.5, 0.6) is 0 Å². The summed E-state index contributed by atoms with van der Waals surface area (Å²) in [6, 6.07) is 4.79. The number of pyridine rings is 1. The largest absolute Gasteiger partial charge is 0.477 e. The second-order valence-corrected chi connectivity index (χ2v) is 7.82. The van der Waals surface area contributed by atoms with Crippen molar-refractivity contribution in [3.8, 4) is 0 Å². The van der Waals surface area contributed by atoms with Crippen molar-refractivity contribution < 1.29 is 18.3 Å². The molecule has 0 bridgehead atoms. The number of carboxylic acids is 1. The number of nitrogens with zero attached hydrogens (tertiary/aromatic N) is 4. The van der Waals surface area contributed by atoms with Gasteiger partial charge < -0.3 is 10.4 Å². The minimum absolute atomic E-state index is 0.0263. The van der Waals surface area contributed by atoms with Crippen molar-refractivity contribution in [3.05, 3.63) is 36.3 Å². The number of aromatic carboxylic acids is 1. The predicted octanol–water partition coefficient (Wildman–Crippen LogP) is 0.778. The molecule has 1 saturated heterocycles. The Labute approximate surface area is 145 Å². The molecule has 0 saturated carbocycles. The number of anilines is 1. The van der Waals surface area contributed by atoms with Crippen molar-refractivity contribution in [1.82, 2.24) is 19.1 Å². The summed E-state index contributed by atoms with van der Waals surface area (Å²) >= 11 is 0. The van der Waals surface area contributed by atoms with Gasteiger partial charge in [0, 0.05) is 32.4 Å². The van der Waals surface area contributed by atoms with Gasteiger partial charge in [-0.2, -0.15) is 9.40 Å². The molecule has 134 valence electrons. The minimum Gasteiger partial charge on any atom is -0.477 e. The van der Waals surface area contributed by atoms with Gasteiger partial charge in [0.25, 0.3) is 0 Å². The molecule has 0 amide bonds. The maximum atomic E-state index is 12.6. The van der Waals surface area contributed by atoms with E-state index in [9.17, 15) is 13.2 Å². The third kappa shape index (κ3) is 3.80. The van der Waals surface area contributed by atoms with E-state index in [1.54, 1.807) is 19.2 Å². The zero-order chi connectivity index (χ0) is 18.0. The fourth-order valence-corrected chi connectivity index (χ4v) is 4.22. The summed E-state index contributed by atoms with van der Waals surface area (Å²) in [6.45, 7) is 0.765. The summed E-state index contributed by atoms with van der Waals surface area (Å²) in [6.07, 6.45) is 4.05. The van der Waals surface area contributed by atoms with Gasteiger partial charge in [-0.05, 0) is 25.0 Å². The number of aryl methyl sites for hydroxylation is 1. The number of rotatable bonds is 5. The van der Waals surface area contributed by atoms with Crippen molar-refractivity contribution in [2.75, 3.05) is 18.4 Å². The zero-order valence-electron chi connectivity index (χ0n) is 13.7. The molecule has 0 atom stereocenters. The van der Waals surface area contributed by atoms with Gasteiger partial charge in [0.1, 0.15) is 10.7 Å². The maximum Gasteiger partial charge on any atom is 0.354 e. The summed E-state index contributed by atoms with van der Waals surface area (Å²) < 4.78 is 28.0. The summed E-state index contributed by atoms with van der Waals surface area (Å²) in [5.41, 5.74) is -0.0263. The van der Waals surface area contributed by atoms with Gasteiger partial charge >= 0.3 is 5.97 Å². The molecule has 25 heavy (non-hydrogen) atoms. The van der Waals surface area contributed by atoms with Gasteiger partial charge in [-0.3, -0.25) is 4.68 Å². The van der Waals surface area contributed by atoms with E-state index >= 15 is 0 Å². The molecular formula is C15H19N5O4S. The Balaban J connectivity index is 1.62. The fourth-order valence-electron chi connectivity index (χ4n) is 2.76. The molecule has 3 heterocycles. The van der Waals surface area contributed by atoms with E-state index in [2.05, 4.69) is 15.4 Å². The first-order chi connectivity index (χ1) is 11.9. The molecule has 1 aliphatic heterocycles. The summed E-state index contributed by atoms with van der Waals surface area (Å²) in [4.78, 5) is 15.2. The molecule has 0 unspecified atom stereocenters. The second kappa shape index (κ2) is 6.81. The van der Waals surface area contributed by atoms with E-state index in [1.807, 2.05) is 0 Å². The van der Waals surface area contributed by atoms with E-state index in [4.69, 9.17) is 5.11 Å². The van der Waals surface area contributed by atoms with Gasteiger partial charge in [0.2, 0.25) is 10.0 Å². The molecule has 0 aliphatic carbocycles. The van der Waals surface area contributed by atoms with Crippen LogP contribution in [-0.2, 0) is 17.1 Å². The van der Waals surface area contributed by atoms with Crippen LogP contribution in [0.15, 0.2) is 35.5 Å². The van der Waals surface area contributed by atoms with Crippen molar-refractivity contribution in [2.45, 2.75) is 23.8 Å². The monoisotopic (exact) mass is 365 g/mol. The second-order valence-electron chi connectivity index (χ2n) is 5.89. The molecule has 10 heteroatoms. The van der Waals surface area contributed by atoms with E-state index < -0.39 is 16.0 Å². The number of sulfonamides is 1. The molecule has 3 rings (SSSR count). The smallest absolute Gasteiger partial charge is 0.354 e. The first kappa shape index (κ1) is 17.4. The lowest BCUT2D eigenvalue weighted by Crippen LogP contribution is -2.42. The van der Waals surface area contributed by atoms with Crippen LogP contribution in [0.2, 0.25) is 0 Å². The standard InChI is InChI=1S/C15H19N5O4S/c1-19-10-12(9-16-19)25(23,24)20-7-5-11(6-8-20)17-14-4-2-3-13(18-14)15(21)22/h2-4,9-11H,5-8H2,1H3,(H,17,18)(H,21,22). The average molecular weight is 365 g/mol. The summed E-state index contributed by atoms with van der Waals surface area (Å²) in [7, 11) is -1.85. The van der Waals surface area contributed by atoms with Gasteiger partial charge in [0.15, 0.2) is 5.69 Å². The van der Waals surface area contributed by atoms with E-state index in [0.717, 1.165) is 0 Å². The van der Waals surface area contributed by atoms with E-state index in [1.165, 1.54) is 27.4 Å². The normalized spacial score (nSPS) is 16.7. The first-order valence-electron chi connectivity index (χ1n) is 7.82. The molecule has 2 N–H and O–H groups in total. The lowest BCUT2D eigenvalue weighted by molar-refractivity contribution is 0.0690. The van der Waals surface area contributed by atoms with E-state index in [-0.39, 0.29) is 16.6 Å². The van der Waals surface area contributed by atoms with Gasteiger partial charge in [0.05, 0.1) is 6.20 Å². The number of nitrogens with one attached hydrogen (secondary N) is 1. The molecule has 0 radical (unpaired) electrons. The SMILES string of the molecule is Cn1cc(S(=O)(=O)N2CCC(Nc3cccc(C(=O)O)n3)CC2)cn1. The molecule has 0 spiro atoms. The highest BCUT2D eigenvalue weighted by Gasteiger charge is 2.30. The zero-order valence-corrected chi connectivity index (χ0v) is 14.5. The first-order valence-corrected chi connectivity index (χ1v) is 9.26. The molecule has 2 aromatic heterocycles. The minimum atomic E-state index is -3.53. The number of carboxylic acid groups (broad SMARTS) is 1. The molecule has 9 nitrogen and oxygen atoms in total. The Morgan fingerprint density at radius 1 is 1.32 bits per heavy atom. The number of piperidine rings is 1. The quantitative estimate of drug-likeness (QED) is 0.804. The molecule has 2 aromatic rings. The van der Waals surface area contributed by atoms with Crippen molar-refractivity contribution in [2.24, 2.45) is 7.05 Å². The Kier molecular flexibility index (Phi) is 4.73. The van der Waals surface area contributed by atoms with Gasteiger partial charge in [-0.15, -0.1) is 0 Å². The number of aromatic nitrogens is 3. The average Bonchev–Trinajstić information content (AvgIpc) is 3.03. The Hall–Kier alpha value is -2.46. The fraction of sp³-hybridized carbons (Fsp3) is 0.400. The van der Waals surface area contributed by atoms with Gasteiger partial charge in [-0.1, -0.05) is 6.07 Å². The summed E-state index contributed by atoms with van der Waals surface area (Å²) in [5.74, 6) is -0.602. The van der Waals surface area contributed by atoms with Crippen molar-refractivity contribution in [1.29, 1.82) is 0 Å². The lowest BCUT2D eigenvalue weighted by Gasteiger charge is -2.31. The maximum absolute atomic E-state index is 12.6. The number of hydrogen-bond donors (Lipinski definition) is 2. The molecule has 1 aliphatic rings. The highest BCUT2D eigenvalue weighted by Crippen LogP contribution is 2.22. The van der Waals surface area contributed by atoms with Crippen LogP contribution in [0.1, 0.15) is 23.3 Å². The van der Waals surface area contributed by atoms with Crippen LogP contribution >= 0.6 is 0 Å². The van der Waals surface area contributed by atoms with Crippen LogP contribution in [0.3, 0.4) is 0 Å². The highest BCUT2D eigenvalue weighted by molar-refractivity contribution is 7.89. The molecule has 1 fully saturated rings. The van der Waals surface area contributed by atoms with Crippen LogP contribution in [0.25, 0.3) is 0 Å².